The Labute approximate surface area is 212 Å². The van der Waals surface area contributed by atoms with Gasteiger partial charge in [-0.3, -0.25) is 14.9 Å². The van der Waals surface area contributed by atoms with Gasteiger partial charge in [0.15, 0.2) is 5.11 Å². The Balaban J connectivity index is 1.49. The molecule has 3 aromatic carbocycles. The smallest absolute Gasteiger partial charge is 0.261 e. The van der Waals surface area contributed by atoms with Crippen molar-refractivity contribution >= 4 is 34.8 Å². The molecular weight excluding hydrogens is 458 g/mol. The number of hydrogen-bond donors (Lipinski definition) is 3. The topological polar surface area (TPSA) is 79.5 Å². The molecule has 0 bridgehead atoms. The van der Waals surface area contributed by atoms with E-state index in [0.29, 0.717) is 35.7 Å². The summed E-state index contributed by atoms with van der Waals surface area (Å²) in [6, 6.07) is 23.7. The Hall–Kier alpha value is -3.71. The highest BCUT2D eigenvalue weighted by atomic mass is 32.1. The summed E-state index contributed by atoms with van der Waals surface area (Å²) >= 11 is 5.31. The number of para-hydroxylation sites is 1. The molecule has 7 heteroatoms. The maximum absolute atomic E-state index is 12.8. The van der Waals surface area contributed by atoms with Crippen LogP contribution >= 0.6 is 12.2 Å². The second kappa shape index (κ2) is 13.9. The molecule has 0 aromatic heterocycles. The third kappa shape index (κ3) is 8.54. The molecule has 0 aliphatic heterocycles. The van der Waals surface area contributed by atoms with Crippen LogP contribution in [0, 0.1) is 0 Å². The van der Waals surface area contributed by atoms with Crippen LogP contribution in [-0.2, 0) is 6.54 Å². The lowest BCUT2D eigenvalue weighted by atomic mass is 10.1. The normalized spacial score (nSPS) is 10.3. The van der Waals surface area contributed by atoms with Gasteiger partial charge in [-0.25, -0.2) is 0 Å². The summed E-state index contributed by atoms with van der Waals surface area (Å²) in [7, 11) is 0. The van der Waals surface area contributed by atoms with E-state index in [0.717, 1.165) is 24.8 Å². The molecule has 3 rings (SSSR count). The van der Waals surface area contributed by atoms with Crippen molar-refractivity contribution in [2.75, 3.05) is 11.9 Å². The van der Waals surface area contributed by atoms with E-state index < -0.39 is 0 Å². The summed E-state index contributed by atoms with van der Waals surface area (Å²) in [5.74, 6) is 0.0290. The van der Waals surface area contributed by atoms with Crippen LogP contribution in [-0.4, -0.2) is 23.5 Å². The van der Waals surface area contributed by atoms with Crippen molar-refractivity contribution in [3.8, 4) is 5.75 Å². The van der Waals surface area contributed by atoms with Gasteiger partial charge in [-0.05, 0) is 60.6 Å². The van der Waals surface area contributed by atoms with Crippen molar-refractivity contribution in [2.24, 2.45) is 0 Å². The van der Waals surface area contributed by atoms with Gasteiger partial charge < -0.3 is 15.4 Å². The van der Waals surface area contributed by atoms with E-state index in [1.54, 1.807) is 42.5 Å². The van der Waals surface area contributed by atoms with Gasteiger partial charge in [0.05, 0.1) is 12.2 Å². The molecule has 0 spiro atoms. The van der Waals surface area contributed by atoms with Gasteiger partial charge >= 0.3 is 0 Å². The molecule has 6 nitrogen and oxygen atoms in total. The average Bonchev–Trinajstić information content (AvgIpc) is 2.88. The van der Waals surface area contributed by atoms with Crippen LogP contribution in [0.25, 0.3) is 0 Å². The fraction of sp³-hybridized carbons (Fsp3) is 0.250. The number of rotatable bonds is 11. The minimum atomic E-state index is -0.344. The minimum absolute atomic E-state index is 0.161. The zero-order valence-electron chi connectivity index (χ0n) is 19.9. The third-order valence-electron chi connectivity index (χ3n) is 5.32. The fourth-order valence-corrected chi connectivity index (χ4v) is 3.62. The van der Waals surface area contributed by atoms with Crippen LogP contribution in [0.15, 0.2) is 78.9 Å². The van der Waals surface area contributed by atoms with E-state index >= 15 is 0 Å². The van der Waals surface area contributed by atoms with Gasteiger partial charge in [-0.2, -0.15) is 0 Å². The molecule has 0 unspecified atom stereocenters. The van der Waals surface area contributed by atoms with Gasteiger partial charge in [-0.1, -0.05) is 68.7 Å². The van der Waals surface area contributed by atoms with Gasteiger partial charge in [0.25, 0.3) is 11.8 Å². The molecule has 0 fully saturated rings. The molecule has 2 amide bonds. The fourth-order valence-electron chi connectivity index (χ4n) is 3.41. The lowest BCUT2D eigenvalue weighted by Gasteiger charge is -2.13. The number of hydrogen-bond acceptors (Lipinski definition) is 4. The quantitative estimate of drug-likeness (QED) is 0.238. The summed E-state index contributed by atoms with van der Waals surface area (Å²) in [4.78, 5) is 25.1. The van der Waals surface area contributed by atoms with E-state index in [4.69, 9.17) is 17.0 Å². The molecular formula is C28H31N3O3S. The first-order valence-electron chi connectivity index (χ1n) is 11.8. The van der Waals surface area contributed by atoms with Crippen LogP contribution in [0.4, 0.5) is 5.69 Å². The third-order valence-corrected chi connectivity index (χ3v) is 5.52. The standard InChI is InChI=1S/C28H31N3O3S/c1-2-3-4-10-19-34-25-14-9-8-13-24(25)27(33)31-28(35)30-23-17-15-22(16-18-23)26(32)29-20-21-11-6-5-7-12-21/h5-9,11-18H,2-4,10,19-20H2,1H3,(H,29,32)(H2,30,31,33,35). The first-order valence-corrected chi connectivity index (χ1v) is 12.2. The highest BCUT2D eigenvalue weighted by Gasteiger charge is 2.14. The van der Waals surface area contributed by atoms with Crippen LogP contribution in [0.3, 0.4) is 0 Å². The van der Waals surface area contributed by atoms with Crippen molar-refractivity contribution in [3.63, 3.8) is 0 Å². The zero-order valence-corrected chi connectivity index (χ0v) is 20.7. The van der Waals surface area contributed by atoms with Gasteiger partial charge in [0.2, 0.25) is 0 Å². The highest BCUT2D eigenvalue weighted by molar-refractivity contribution is 7.80. The number of carbonyl (C=O) groups excluding carboxylic acids is 2. The van der Waals surface area contributed by atoms with E-state index in [2.05, 4.69) is 22.9 Å². The molecule has 182 valence electrons. The molecule has 0 radical (unpaired) electrons. The summed E-state index contributed by atoms with van der Waals surface area (Å²) < 4.78 is 5.83. The molecule has 0 atom stereocenters. The molecule has 3 N–H and O–H groups in total. The maximum atomic E-state index is 12.8. The molecule has 3 aromatic rings. The van der Waals surface area contributed by atoms with Crippen LogP contribution in [0.2, 0.25) is 0 Å². The van der Waals surface area contributed by atoms with E-state index in [9.17, 15) is 9.59 Å². The summed E-state index contributed by atoms with van der Waals surface area (Å²) in [5.41, 5.74) is 2.66. The largest absolute Gasteiger partial charge is 0.493 e. The SMILES string of the molecule is CCCCCCOc1ccccc1C(=O)NC(=S)Nc1ccc(C(=O)NCc2ccccc2)cc1. The molecule has 0 aliphatic carbocycles. The maximum Gasteiger partial charge on any atom is 0.261 e. The number of nitrogens with one attached hydrogen (secondary N) is 3. The Morgan fingerprint density at radius 1 is 0.829 bits per heavy atom. The molecule has 0 saturated carbocycles. The van der Waals surface area contributed by atoms with Crippen molar-refractivity contribution in [2.45, 2.75) is 39.2 Å². The number of unbranched alkanes of at least 4 members (excludes halogenated alkanes) is 3. The molecule has 0 saturated heterocycles. The monoisotopic (exact) mass is 489 g/mol. The Morgan fingerprint density at radius 3 is 2.29 bits per heavy atom. The Morgan fingerprint density at radius 2 is 1.54 bits per heavy atom. The number of benzene rings is 3. The Bertz CT molecular complexity index is 1120. The number of carbonyl (C=O) groups is 2. The summed E-state index contributed by atoms with van der Waals surface area (Å²) in [6.45, 7) is 3.19. The van der Waals surface area contributed by atoms with Crippen LogP contribution in [0.1, 0.15) is 58.9 Å². The van der Waals surface area contributed by atoms with Crippen molar-refractivity contribution < 1.29 is 14.3 Å². The number of ether oxygens (including phenoxy) is 1. The van der Waals surface area contributed by atoms with E-state index in [1.165, 1.54) is 6.42 Å². The van der Waals surface area contributed by atoms with Crippen LogP contribution < -0.4 is 20.7 Å². The van der Waals surface area contributed by atoms with Crippen molar-refractivity contribution in [1.29, 1.82) is 0 Å². The summed E-state index contributed by atoms with van der Waals surface area (Å²) in [6.07, 6.45) is 4.38. The molecule has 0 aliphatic rings. The molecule has 35 heavy (non-hydrogen) atoms. The summed E-state index contributed by atoms with van der Waals surface area (Å²) in [5, 5.41) is 8.73. The zero-order chi connectivity index (χ0) is 24.9. The first-order chi connectivity index (χ1) is 17.1. The second-order valence-corrected chi connectivity index (χ2v) is 8.47. The lowest BCUT2D eigenvalue weighted by molar-refractivity contribution is 0.0948. The molecule has 0 heterocycles. The number of thiocarbonyl (C=S) groups is 1. The first kappa shape index (κ1) is 25.9. The average molecular weight is 490 g/mol. The van der Waals surface area contributed by atoms with Gasteiger partial charge in [-0.15, -0.1) is 0 Å². The van der Waals surface area contributed by atoms with Crippen LogP contribution in [0.5, 0.6) is 5.75 Å². The van der Waals surface area contributed by atoms with E-state index in [1.807, 2.05) is 36.4 Å². The predicted octanol–water partition coefficient (Wildman–Crippen LogP) is 5.70. The van der Waals surface area contributed by atoms with Gasteiger partial charge in [0.1, 0.15) is 5.75 Å². The number of amides is 2. The lowest BCUT2D eigenvalue weighted by Crippen LogP contribution is -2.34. The van der Waals surface area contributed by atoms with Gasteiger partial charge in [0, 0.05) is 17.8 Å². The second-order valence-electron chi connectivity index (χ2n) is 8.06. The predicted molar refractivity (Wildman–Crippen MR) is 144 cm³/mol. The Kier molecular flexibility index (Phi) is 10.3. The highest BCUT2D eigenvalue weighted by Crippen LogP contribution is 2.19. The van der Waals surface area contributed by atoms with Crippen molar-refractivity contribution in [3.05, 3.63) is 95.6 Å². The number of anilines is 1. The van der Waals surface area contributed by atoms with E-state index in [-0.39, 0.29) is 16.9 Å². The van der Waals surface area contributed by atoms with Crippen molar-refractivity contribution in [1.82, 2.24) is 10.6 Å². The minimum Gasteiger partial charge on any atom is -0.493 e.